The number of hydrogen-bond acceptors (Lipinski definition) is 3. The molecule has 0 aliphatic rings. The smallest absolute Gasteiger partial charge is 0.227 e. The number of para-hydroxylation sites is 2. The molecule has 51 heavy (non-hydrogen) atoms. The molecule has 10 rings (SSSR count). The van der Waals surface area contributed by atoms with Crippen LogP contribution in [0.2, 0.25) is 0 Å². The van der Waals surface area contributed by atoms with Crippen molar-refractivity contribution in [2.45, 2.75) is 0 Å². The highest BCUT2D eigenvalue weighted by atomic mass is 16.3. The van der Waals surface area contributed by atoms with Crippen LogP contribution in [0.15, 0.2) is 192 Å². The summed E-state index contributed by atoms with van der Waals surface area (Å²) >= 11 is 0. The van der Waals surface area contributed by atoms with E-state index in [1.165, 1.54) is 21.9 Å². The van der Waals surface area contributed by atoms with Gasteiger partial charge in [0.2, 0.25) is 5.89 Å². The van der Waals surface area contributed by atoms with Gasteiger partial charge in [0.1, 0.15) is 5.52 Å². The molecule has 0 amide bonds. The van der Waals surface area contributed by atoms with Crippen molar-refractivity contribution in [1.29, 1.82) is 0 Å². The molecular formula is C47H31N3O. The molecule has 0 N–H and O–H groups in total. The molecule has 4 nitrogen and oxygen atoms in total. The van der Waals surface area contributed by atoms with Crippen molar-refractivity contribution in [2.75, 3.05) is 4.90 Å². The predicted octanol–water partition coefficient (Wildman–Crippen LogP) is 12.9. The summed E-state index contributed by atoms with van der Waals surface area (Å²) in [6.07, 6.45) is 0. The number of nitrogens with zero attached hydrogens (tertiary/aromatic N) is 3. The summed E-state index contributed by atoms with van der Waals surface area (Å²) in [4.78, 5) is 7.18. The molecule has 0 unspecified atom stereocenters. The highest BCUT2D eigenvalue weighted by Gasteiger charge is 2.19. The maximum absolute atomic E-state index is 6.41. The van der Waals surface area contributed by atoms with Crippen LogP contribution in [0, 0.1) is 0 Å². The molecule has 10 aromatic rings. The zero-order valence-electron chi connectivity index (χ0n) is 27.6. The summed E-state index contributed by atoms with van der Waals surface area (Å²) in [7, 11) is 0. The quantitative estimate of drug-likeness (QED) is 0.179. The van der Waals surface area contributed by atoms with Crippen LogP contribution in [0.25, 0.3) is 71.9 Å². The molecule has 0 fully saturated rings. The second-order valence-corrected chi connectivity index (χ2v) is 12.8. The topological polar surface area (TPSA) is 34.2 Å². The SMILES string of the molecule is c1ccc(-c2cccc(N(c3ccc4c(ccc5nc(-c6ccccc6)oc54)c3)c3ccc4c5ccccc5n(-c5ccccc5)c4c3)c2)cc1. The minimum absolute atomic E-state index is 0.628. The highest BCUT2D eigenvalue weighted by molar-refractivity contribution is 6.11. The predicted molar refractivity (Wildman–Crippen MR) is 211 cm³/mol. The first-order valence-electron chi connectivity index (χ1n) is 17.2. The van der Waals surface area contributed by atoms with E-state index in [4.69, 9.17) is 9.40 Å². The van der Waals surface area contributed by atoms with E-state index in [-0.39, 0.29) is 0 Å². The van der Waals surface area contributed by atoms with E-state index < -0.39 is 0 Å². The molecule has 240 valence electrons. The number of oxazole rings is 1. The molecule has 8 aromatic carbocycles. The van der Waals surface area contributed by atoms with Crippen molar-refractivity contribution < 1.29 is 4.42 Å². The lowest BCUT2D eigenvalue weighted by Crippen LogP contribution is -2.10. The lowest BCUT2D eigenvalue weighted by molar-refractivity contribution is 0.623. The van der Waals surface area contributed by atoms with Crippen LogP contribution < -0.4 is 4.90 Å². The normalized spacial score (nSPS) is 11.5. The summed E-state index contributed by atoms with van der Waals surface area (Å²) < 4.78 is 8.78. The van der Waals surface area contributed by atoms with Crippen molar-refractivity contribution in [3.63, 3.8) is 0 Å². The molecule has 0 saturated carbocycles. The van der Waals surface area contributed by atoms with E-state index in [0.29, 0.717) is 5.89 Å². The van der Waals surface area contributed by atoms with E-state index in [2.05, 4.69) is 167 Å². The lowest BCUT2D eigenvalue weighted by atomic mass is 10.0. The molecular weight excluding hydrogens is 623 g/mol. The lowest BCUT2D eigenvalue weighted by Gasteiger charge is -2.26. The molecule has 0 spiro atoms. The monoisotopic (exact) mass is 653 g/mol. The third-order valence-corrected chi connectivity index (χ3v) is 9.77. The van der Waals surface area contributed by atoms with Gasteiger partial charge < -0.3 is 13.9 Å². The fourth-order valence-corrected chi connectivity index (χ4v) is 7.40. The Morgan fingerprint density at radius 2 is 1.06 bits per heavy atom. The molecule has 0 aliphatic carbocycles. The van der Waals surface area contributed by atoms with Crippen LogP contribution in [0.3, 0.4) is 0 Å². The number of aromatic nitrogens is 2. The van der Waals surface area contributed by atoms with Crippen LogP contribution >= 0.6 is 0 Å². The van der Waals surface area contributed by atoms with Gasteiger partial charge in [-0.05, 0) is 95.4 Å². The molecule has 0 bridgehead atoms. The molecule has 0 saturated heterocycles. The first-order valence-corrected chi connectivity index (χ1v) is 17.2. The Bertz CT molecular complexity index is 2850. The number of anilines is 3. The zero-order chi connectivity index (χ0) is 33.7. The minimum atomic E-state index is 0.628. The van der Waals surface area contributed by atoms with Gasteiger partial charge in [0, 0.05) is 44.5 Å². The largest absolute Gasteiger partial charge is 0.435 e. The van der Waals surface area contributed by atoms with Crippen LogP contribution in [-0.4, -0.2) is 9.55 Å². The Morgan fingerprint density at radius 3 is 1.86 bits per heavy atom. The van der Waals surface area contributed by atoms with E-state index >= 15 is 0 Å². The number of rotatable bonds is 6. The average Bonchev–Trinajstić information content (AvgIpc) is 3.79. The summed E-state index contributed by atoms with van der Waals surface area (Å²) in [6, 6.07) is 66.4. The summed E-state index contributed by atoms with van der Waals surface area (Å²) in [5, 5.41) is 4.57. The van der Waals surface area contributed by atoms with Gasteiger partial charge in [-0.2, -0.15) is 0 Å². The first kappa shape index (κ1) is 29.0. The maximum Gasteiger partial charge on any atom is 0.227 e. The van der Waals surface area contributed by atoms with Crippen LogP contribution in [0.4, 0.5) is 17.1 Å². The summed E-state index contributed by atoms with van der Waals surface area (Å²) in [5.41, 5.74) is 11.6. The molecule has 0 atom stereocenters. The van der Waals surface area contributed by atoms with Gasteiger partial charge in [-0.15, -0.1) is 0 Å². The van der Waals surface area contributed by atoms with E-state index in [1.54, 1.807) is 0 Å². The Balaban J connectivity index is 1.18. The first-order chi connectivity index (χ1) is 25.3. The minimum Gasteiger partial charge on any atom is -0.435 e. The average molecular weight is 654 g/mol. The third-order valence-electron chi connectivity index (χ3n) is 9.77. The molecule has 2 heterocycles. The second-order valence-electron chi connectivity index (χ2n) is 12.8. The Labute approximate surface area is 295 Å². The Kier molecular flexibility index (Phi) is 6.78. The van der Waals surface area contributed by atoms with Crippen LogP contribution in [0.1, 0.15) is 0 Å². The Morgan fingerprint density at radius 1 is 0.431 bits per heavy atom. The van der Waals surface area contributed by atoms with Crippen LogP contribution in [-0.2, 0) is 0 Å². The van der Waals surface area contributed by atoms with E-state index in [0.717, 1.165) is 61.3 Å². The third kappa shape index (κ3) is 4.96. The summed E-state index contributed by atoms with van der Waals surface area (Å²) in [5.74, 6) is 0.628. The van der Waals surface area contributed by atoms with Gasteiger partial charge in [-0.1, -0.05) is 109 Å². The van der Waals surface area contributed by atoms with Crippen molar-refractivity contribution >= 4 is 60.7 Å². The number of hydrogen-bond donors (Lipinski definition) is 0. The van der Waals surface area contributed by atoms with Crippen molar-refractivity contribution in [2.24, 2.45) is 0 Å². The molecule has 0 radical (unpaired) electrons. The van der Waals surface area contributed by atoms with Gasteiger partial charge in [-0.25, -0.2) is 4.98 Å². The van der Waals surface area contributed by atoms with Crippen molar-refractivity contribution in [1.82, 2.24) is 9.55 Å². The fourth-order valence-electron chi connectivity index (χ4n) is 7.40. The summed E-state index contributed by atoms with van der Waals surface area (Å²) in [6.45, 7) is 0. The van der Waals surface area contributed by atoms with E-state index in [1.807, 2.05) is 30.3 Å². The fraction of sp³-hybridized carbons (Fsp3) is 0. The molecule has 4 heteroatoms. The molecule has 0 aliphatic heterocycles. The van der Waals surface area contributed by atoms with Gasteiger partial charge in [0.25, 0.3) is 0 Å². The highest BCUT2D eigenvalue weighted by Crippen LogP contribution is 2.42. The van der Waals surface area contributed by atoms with Crippen LogP contribution in [0.5, 0.6) is 0 Å². The van der Waals surface area contributed by atoms with Gasteiger partial charge in [0.15, 0.2) is 5.58 Å². The standard InChI is InChI=1S/C47H31N3O/c1-4-13-32(14-5-1)34-17-12-20-37(29-34)49(38-24-26-40-35(30-38)23-28-43-46(40)51-47(48-43)33-15-6-2-7-16-33)39-25-27-42-41-21-10-11-22-44(41)50(45(42)31-39)36-18-8-3-9-19-36/h1-31H. The van der Waals surface area contributed by atoms with E-state index in [9.17, 15) is 0 Å². The van der Waals surface area contributed by atoms with Gasteiger partial charge >= 0.3 is 0 Å². The van der Waals surface area contributed by atoms with Gasteiger partial charge in [0.05, 0.1) is 11.0 Å². The second kappa shape index (κ2) is 11.9. The van der Waals surface area contributed by atoms with Crippen molar-refractivity contribution in [3.8, 4) is 28.3 Å². The number of fused-ring (bicyclic) bond motifs is 6. The Hall–Kier alpha value is -6.91. The molecule has 2 aromatic heterocycles. The zero-order valence-corrected chi connectivity index (χ0v) is 27.6. The number of benzene rings is 8. The van der Waals surface area contributed by atoms with Gasteiger partial charge in [-0.3, -0.25) is 0 Å². The maximum atomic E-state index is 6.41. The van der Waals surface area contributed by atoms with Crippen molar-refractivity contribution in [3.05, 3.63) is 188 Å².